The quantitative estimate of drug-likeness (QED) is 0.661. The van der Waals surface area contributed by atoms with Gasteiger partial charge in [-0.25, -0.2) is 9.67 Å². The highest BCUT2D eigenvalue weighted by Gasteiger charge is 2.61. The summed E-state index contributed by atoms with van der Waals surface area (Å²) in [5.41, 5.74) is 0.0694. The first-order valence-electron chi connectivity index (χ1n) is 11.6. The molecular formula is C22H30ClN7O2. The lowest BCUT2D eigenvalue weighted by molar-refractivity contribution is -0.150. The highest BCUT2D eigenvalue weighted by atomic mass is 35.5. The van der Waals surface area contributed by atoms with Crippen molar-refractivity contribution in [3.05, 3.63) is 23.5 Å². The van der Waals surface area contributed by atoms with Crippen LogP contribution >= 0.6 is 11.6 Å². The summed E-state index contributed by atoms with van der Waals surface area (Å²) in [6, 6.07) is 0. The molecule has 4 aliphatic carbocycles. The first kappa shape index (κ1) is 21.4. The molecule has 2 atom stereocenters. The van der Waals surface area contributed by atoms with E-state index in [9.17, 15) is 9.59 Å². The molecule has 4 bridgehead atoms. The predicted molar refractivity (Wildman–Crippen MR) is 119 cm³/mol. The molecule has 4 aliphatic rings. The minimum atomic E-state index is -0.478. The van der Waals surface area contributed by atoms with E-state index in [0.29, 0.717) is 30.6 Å². The van der Waals surface area contributed by atoms with Crippen molar-refractivity contribution in [2.75, 3.05) is 11.9 Å². The third-order valence-electron chi connectivity index (χ3n) is 7.55. The van der Waals surface area contributed by atoms with Crippen LogP contribution in [0, 0.1) is 17.3 Å². The first-order valence-corrected chi connectivity index (χ1v) is 12.0. The van der Waals surface area contributed by atoms with E-state index in [1.165, 1.54) is 0 Å². The first-order chi connectivity index (χ1) is 15.4. The molecule has 2 amide bonds. The maximum atomic E-state index is 13.8. The highest BCUT2D eigenvalue weighted by Crippen LogP contribution is 2.64. The van der Waals surface area contributed by atoms with E-state index in [0.717, 1.165) is 44.9 Å². The molecule has 2 aromatic rings. The molecule has 6 rings (SSSR count). The van der Waals surface area contributed by atoms with Gasteiger partial charge < -0.3 is 10.6 Å². The summed E-state index contributed by atoms with van der Waals surface area (Å²) in [4.78, 5) is 30.6. The molecule has 2 N–H and O–H groups in total. The number of carbonyl (C=O) groups is 2. The van der Waals surface area contributed by atoms with Crippen LogP contribution in [0.2, 0.25) is 5.28 Å². The van der Waals surface area contributed by atoms with Gasteiger partial charge in [0, 0.05) is 19.3 Å². The number of anilines is 1. The minimum absolute atomic E-state index is 0.0117. The number of hydrogen-bond donors (Lipinski definition) is 2. The summed E-state index contributed by atoms with van der Waals surface area (Å²) < 4.78 is 3.60. The van der Waals surface area contributed by atoms with Crippen LogP contribution in [0.25, 0.3) is 0 Å². The van der Waals surface area contributed by atoms with E-state index in [1.54, 1.807) is 17.2 Å². The Balaban J connectivity index is 1.43. The molecule has 2 heterocycles. The van der Waals surface area contributed by atoms with Crippen molar-refractivity contribution in [1.82, 2.24) is 29.9 Å². The van der Waals surface area contributed by atoms with Gasteiger partial charge in [-0.05, 0) is 75.3 Å². The molecule has 2 aromatic heterocycles. The number of aryl methyl sites for hydroxylation is 1. The topological polar surface area (TPSA) is 107 Å². The summed E-state index contributed by atoms with van der Waals surface area (Å²) in [6.45, 7) is 5.15. The Hall–Kier alpha value is -2.42. The van der Waals surface area contributed by atoms with E-state index >= 15 is 0 Å². The zero-order valence-electron chi connectivity index (χ0n) is 18.6. The monoisotopic (exact) mass is 459 g/mol. The normalized spacial score (nSPS) is 30.5. The second kappa shape index (κ2) is 7.86. The fourth-order valence-electron chi connectivity index (χ4n) is 6.64. The van der Waals surface area contributed by atoms with Crippen LogP contribution in [0.15, 0.2) is 12.5 Å². The maximum Gasteiger partial charge on any atom is 0.273 e. The van der Waals surface area contributed by atoms with Crippen molar-refractivity contribution in [3.8, 4) is 0 Å². The van der Waals surface area contributed by atoms with E-state index in [1.807, 2.05) is 18.5 Å². The fourth-order valence-corrected chi connectivity index (χ4v) is 6.76. The van der Waals surface area contributed by atoms with E-state index in [2.05, 4.69) is 25.8 Å². The lowest BCUT2D eigenvalue weighted by Crippen LogP contribution is -2.60. The zero-order chi connectivity index (χ0) is 22.5. The summed E-state index contributed by atoms with van der Waals surface area (Å²) in [5, 5.41) is 15.0. The molecule has 32 heavy (non-hydrogen) atoms. The van der Waals surface area contributed by atoms with Gasteiger partial charge in [-0.3, -0.25) is 14.3 Å². The Labute approximate surface area is 192 Å². The number of halogens is 1. The van der Waals surface area contributed by atoms with Crippen LogP contribution in [0.5, 0.6) is 0 Å². The molecule has 0 aromatic carbocycles. The van der Waals surface area contributed by atoms with Gasteiger partial charge in [0.15, 0.2) is 5.69 Å². The average Bonchev–Trinajstić information content (AvgIpc) is 3.37. The highest BCUT2D eigenvalue weighted by molar-refractivity contribution is 6.28. The largest absolute Gasteiger partial charge is 0.351 e. The zero-order valence-corrected chi connectivity index (χ0v) is 19.4. The van der Waals surface area contributed by atoms with Gasteiger partial charge in [-0.2, -0.15) is 5.10 Å². The molecule has 0 spiro atoms. The van der Waals surface area contributed by atoms with Crippen LogP contribution in [-0.4, -0.2) is 42.9 Å². The predicted octanol–water partition coefficient (Wildman–Crippen LogP) is 3.22. The third-order valence-corrected chi connectivity index (χ3v) is 7.72. The Morgan fingerprint density at radius 3 is 2.56 bits per heavy atom. The molecule has 4 fully saturated rings. The van der Waals surface area contributed by atoms with Crippen molar-refractivity contribution in [2.24, 2.45) is 17.3 Å². The van der Waals surface area contributed by atoms with Gasteiger partial charge >= 0.3 is 0 Å². The molecule has 0 radical (unpaired) electrons. The average molecular weight is 460 g/mol. The minimum Gasteiger partial charge on any atom is -0.351 e. The maximum absolute atomic E-state index is 13.8. The number of aromatic nitrogens is 5. The summed E-state index contributed by atoms with van der Waals surface area (Å²) in [7, 11) is 0. The van der Waals surface area contributed by atoms with Gasteiger partial charge in [-0.1, -0.05) is 6.92 Å². The molecule has 4 saturated carbocycles. The van der Waals surface area contributed by atoms with Crippen molar-refractivity contribution >= 4 is 29.1 Å². The van der Waals surface area contributed by atoms with E-state index in [4.69, 9.17) is 11.6 Å². The number of carbonyl (C=O) groups excluding carboxylic acids is 2. The van der Waals surface area contributed by atoms with Gasteiger partial charge in [-0.15, -0.1) is 5.10 Å². The number of rotatable bonds is 7. The standard InChI is InChI=1S/C22H30ClN7O2/c1-3-5-24-18(31)17-16(11-29(4-2)27-17)26-19(32)21-7-14-6-15(8-21)10-22(9-14,12-21)30-13-25-20(23)28-30/h11,13-15H,3-10,12H2,1-2H3,(H,24,31)(H,26,32). The van der Waals surface area contributed by atoms with Crippen molar-refractivity contribution < 1.29 is 9.59 Å². The molecule has 10 heteroatoms. The van der Waals surface area contributed by atoms with Crippen molar-refractivity contribution in [3.63, 3.8) is 0 Å². The number of nitrogens with zero attached hydrogens (tertiary/aromatic N) is 5. The Bertz CT molecular complexity index is 1030. The fraction of sp³-hybridized carbons (Fsp3) is 0.682. The second-order valence-electron chi connectivity index (χ2n) is 9.88. The van der Waals surface area contributed by atoms with Crippen LogP contribution in [0.4, 0.5) is 5.69 Å². The Morgan fingerprint density at radius 2 is 1.94 bits per heavy atom. The van der Waals surface area contributed by atoms with Crippen LogP contribution in [-0.2, 0) is 16.9 Å². The second-order valence-corrected chi connectivity index (χ2v) is 10.2. The summed E-state index contributed by atoms with van der Waals surface area (Å²) in [5.74, 6) is 0.697. The molecule has 0 aliphatic heterocycles. The number of nitrogens with one attached hydrogen (secondary N) is 2. The Kier molecular flexibility index (Phi) is 5.27. The van der Waals surface area contributed by atoms with Gasteiger partial charge in [0.2, 0.25) is 11.2 Å². The molecule has 0 saturated heterocycles. The molecule has 172 valence electrons. The number of amides is 2. The van der Waals surface area contributed by atoms with Crippen LogP contribution in [0.1, 0.15) is 69.3 Å². The summed E-state index contributed by atoms with van der Waals surface area (Å²) >= 11 is 6.03. The van der Waals surface area contributed by atoms with Crippen molar-refractivity contribution in [1.29, 1.82) is 0 Å². The molecule has 9 nitrogen and oxygen atoms in total. The molecular weight excluding hydrogens is 430 g/mol. The lowest BCUT2D eigenvalue weighted by Gasteiger charge is -2.60. The van der Waals surface area contributed by atoms with Crippen molar-refractivity contribution in [2.45, 2.75) is 70.9 Å². The number of hydrogen-bond acceptors (Lipinski definition) is 5. The van der Waals surface area contributed by atoms with Gasteiger partial charge in [0.1, 0.15) is 6.33 Å². The van der Waals surface area contributed by atoms with Crippen LogP contribution in [0.3, 0.4) is 0 Å². The smallest absolute Gasteiger partial charge is 0.273 e. The van der Waals surface area contributed by atoms with Gasteiger partial charge in [0.05, 0.1) is 16.6 Å². The molecule has 2 unspecified atom stereocenters. The Morgan fingerprint density at radius 1 is 1.19 bits per heavy atom. The third kappa shape index (κ3) is 3.50. The van der Waals surface area contributed by atoms with Gasteiger partial charge in [0.25, 0.3) is 5.91 Å². The van der Waals surface area contributed by atoms with E-state index < -0.39 is 5.41 Å². The SMILES string of the molecule is CCCNC(=O)c1nn(CC)cc1NC(=O)C12CC3CC(C1)CC(n1cnc(Cl)n1)(C3)C2. The van der Waals surface area contributed by atoms with E-state index in [-0.39, 0.29) is 28.3 Å². The van der Waals surface area contributed by atoms with Crippen LogP contribution < -0.4 is 10.6 Å². The summed E-state index contributed by atoms with van der Waals surface area (Å²) in [6.07, 6.45) is 9.96. The lowest BCUT2D eigenvalue weighted by atomic mass is 9.46.